The molecule has 0 saturated carbocycles. The number of carbonyl (C=O) groups excluding carboxylic acids is 1. The molecule has 0 bridgehead atoms. The van der Waals surface area contributed by atoms with Crippen LogP contribution in [0.3, 0.4) is 0 Å². The standard InChI is InChI=1S/C11H19NO4.C2H4O2/c1-11(2,3)16-10(15)12-6-4-8(5-7-12)9(13)14;1-2(3)4/h8H,4-7H2,1-3H3,(H,13,14);1H3,(H,3,4). The summed E-state index contributed by atoms with van der Waals surface area (Å²) in [5.74, 6) is -1.93. The SMILES string of the molecule is CC(=O)O.CC(C)(C)OC(=O)N1CCC(C(=O)O)CC1. The molecule has 20 heavy (non-hydrogen) atoms. The second-order valence-corrected chi connectivity index (χ2v) is 5.60. The van der Waals surface area contributed by atoms with E-state index in [0.29, 0.717) is 25.9 Å². The van der Waals surface area contributed by atoms with Gasteiger partial charge < -0.3 is 19.8 Å². The first-order chi connectivity index (χ1) is 9.03. The van der Waals surface area contributed by atoms with Crippen LogP contribution in [-0.2, 0) is 14.3 Å². The van der Waals surface area contributed by atoms with Crippen molar-refractivity contribution in [3.8, 4) is 0 Å². The van der Waals surface area contributed by atoms with Gasteiger partial charge in [0.2, 0.25) is 0 Å². The second kappa shape index (κ2) is 7.72. The average molecular weight is 289 g/mol. The summed E-state index contributed by atoms with van der Waals surface area (Å²) in [5.41, 5.74) is -0.499. The molecule has 0 radical (unpaired) electrons. The third kappa shape index (κ3) is 8.34. The van der Waals surface area contributed by atoms with E-state index in [1.807, 2.05) is 20.8 Å². The van der Waals surface area contributed by atoms with Crippen LogP contribution in [0, 0.1) is 5.92 Å². The lowest BCUT2D eigenvalue weighted by Crippen LogP contribution is -2.42. The average Bonchev–Trinajstić information content (AvgIpc) is 2.26. The summed E-state index contributed by atoms with van der Waals surface area (Å²) in [5, 5.41) is 16.2. The van der Waals surface area contributed by atoms with Crippen LogP contribution < -0.4 is 0 Å². The lowest BCUT2D eigenvalue weighted by Gasteiger charge is -2.32. The Bertz CT molecular complexity index is 348. The fraction of sp³-hybridized carbons (Fsp3) is 0.769. The molecule has 7 nitrogen and oxygen atoms in total. The van der Waals surface area contributed by atoms with Crippen LogP contribution in [0.5, 0.6) is 0 Å². The molecule has 1 heterocycles. The fourth-order valence-corrected chi connectivity index (χ4v) is 1.64. The number of likely N-dealkylation sites (tertiary alicyclic amines) is 1. The molecule has 0 aromatic rings. The molecule has 1 aliphatic rings. The molecule has 0 unspecified atom stereocenters. The Labute approximate surface area is 118 Å². The van der Waals surface area contributed by atoms with Gasteiger partial charge in [-0.2, -0.15) is 0 Å². The number of hydrogen-bond donors (Lipinski definition) is 2. The Hall–Kier alpha value is -1.79. The maximum absolute atomic E-state index is 11.6. The second-order valence-electron chi connectivity index (χ2n) is 5.60. The topological polar surface area (TPSA) is 104 Å². The van der Waals surface area contributed by atoms with E-state index in [9.17, 15) is 9.59 Å². The first-order valence-electron chi connectivity index (χ1n) is 6.43. The van der Waals surface area contributed by atoms with Crippen molar-refractivity contribution in [3.05, 3.63) is 0 Å². The van der Waals surface area contributed by atoms with Gasteiger partial charge in [-0.15, -0.1) is 0 Å². The van der Waals surface area contributed by atoms with E-state index in [2.05, 4.69) is 0 Å². The summed E-state index contributed by atoms with van der Waals surface area (Å²) in [6.45, 7) is 7.45. The number of aliphatic carboxylic acids is 2. The molecule has 2 N–H and O–H groups in total. The molecule has 1 fully saturated rings. The molecular weight excluding hydrogens is 266 g/mol. The van der Waals surface area contributed by atoms with Gasteiger partial charge >= 0.3 is 12.1 Å². The summed E-state index contributed by atoms with van der Waals surface area (Å²) < 4.78 is 5.21. The van der Waals surface area contributed by atoms with Gasteiger partial charge in [-0.1, -0.05) is 0 Å². The number of carbonyl (C=O) groups is 3. The Kier molecular flexibility index (Phi) is 7.02. The molecule has 0 atom stereocenters. The van der Waals surface area contributed by atoms with Gasteiger partial charge in [0.25, 0.3) is 5.97 Å². The first-order valence-corrected chi connectivity index (χ1v) is 6.43. The van der Waals surface area contributed by atoms with Crippen LogP contribution in [-0.4, -0.2) is 51.8 Å². The zero-order valence-electron chi connectivity index (χ0n) is 12.4. The zero-order chi connectivity index (χ0) is 15.9. The van der Waals surface area contributed by atoms with Crippen molar-refractivity contribution < 1.29 is 29.3 Å². The lowest BCUT2D eigenvalue weighted by molar-refractivity contribution is -0.143. The van der Waals surface area contributed by atoms with Crippen LogP contribution in [0.25, 0.3) is 0 Å². The number of carboxylic acids is 2. The van der Waals surface area contributed by atoms with Crippen molar-refractivity contribution in [2.45, 2.75) is 46.1 Å². The number of ether oxygens (including phenoxy) is 1. The fourth-order valence-electron chi connectivity index (χ4n) is 1.64. The summed E-state index contributed by atoms with van der Waals surface area (Å²) in [6, 6.07) is 0. The minimum Gasteiger partial charge on any atom is -0.481 e. The van der Waals surface area contributed by atoms with E-state index in [1.165, 1.54) is 0 Å². The summed E-state index contributed by atoms with van der Waals surface area (Å²) in [4.78, 5) is 32.9. The van der Waals surface area contributed by atoms with Crippen molar-refractivity contribution in [3.63, 3.8) is 0 Å². The molecule has 0 aromatic carbocycles. The minimum atomic E-state index is -0.833. The van der Waals surface area contributed by atoms with E-state index >= 15 is 0 Å². The summed E-state index contributed by atoms with van der Waals surface area (Å²) in [6.07, 6.45) is 0.666. The molecule has 116 valence electrons. The maximum Gasteiger partial charge on any atom is 0.410 e. The Balaban J connectivity index is 0.000000796. The molecule has 0 aliphatic carbocycles. The van der Waals surface area contributed by atoms with Crippen LogP contribution >= 0.6 is 0 Å². The van der Waals surface area contributed by atoms with Gasteiger partial charge in [-0.05, 0) is 33.6 Å². The van der Waals surface area contributed by atoms with Gasteiger partial charge in [-0.3, -0.25) is 9.59 Å². The zero-order valence-corrected chi connectivity index (χ0v) is 12.4. The highest BCUT2D eigenvalue weighted by atomic mass is 16.6. The molecule has 0 aromatic heterocycles. The molecular formula is C13H23NO6. The number of rotatable bonds is 1. The van der Waals surface area contributed by atoms with Gasteiger partial charge in [0, 0.05) is 20.0 Å². The molecule has 7 heteroatoms. The largest absolute Gasteiger partial charge is 0.481 e. The van der Waals surface area contributed by atoms with Crippen molar-refractivity contribution in [1.29, 1.82) is 0 Å². The van der Waals surface area contributed by atoms with Crippen molar-refractivity contribution >= 4 is 18.0 Å². The van der Waals surface area contributed by atoms with Crippen LogP contribution in [0.15, 0.2) is 0 Å². The Morgan fingerprint density at radius 1 is 1.10 bits per heavy atom. The predicted octanol–water partition coefficient (Wildman–Crippen LogP) is 1.81. The summed E-state index contributed by atoms with van der Waals surface area (Å²) >= 11 is 0. The van der Waals surface area contributed by atoms with E-state index in [1.54, 1.807) is 4.90 Å². The highest BCUT2D eigenvalue weighted by molar-refractivity contribution is 5.71. The third-order valence-electron chi connectivity index (χ3n) is 2.50. The molecule has 0 spiro atoms. The Morgan fingerprint density at radius 2 is 1.50 bits per heavy atom. The van der Waals surface area contributed by atoms with Crippen molar-refractivity contribution in [1.82, 2.24) is 4.90 Å². The monoisotopic (exact) mass is 289 g/mol. The number of carboxylic acid groups (broad SMARTS) is 2. The highest BCUT2D eigenvalue weighted by Crippen LogP contribution is 2.19. The number of piperidine rings is 1. The highest BCUT2D eigenvalue weighted by Gasteiger charge is 2.29. The van der Waals surface area contributed by atoms with Gasteiger partial charge in [0.15, 0.2) is 0 Å². The van der Waals surface area contributed by atoms with E-state index < -0.39 is 17.5 Å². The first kappa shape index (κ1) is 18.2. The quantitative estimate of drug-likeness (QED) is 0.763. The number of nitrogens with zero attached hydrogens (tertiary/aromatic N) is 1. The van der Waals surface area contributed by atoms with Gasteiger partial charge in [-0.25, -0.2) is 4.79 Å². The molecule has 1 rings (SSSR count). The molecule has 1 amide bonds. The number of hydrogen-bond acceptors (Lipinski definition) is 4. The van der Waals surface area contributed by atoms with Gasteiger partial charge in [0.05, 0.1) is 5.92 Å². The van der Waals surface area contributed by atoms with E-state index in [4.69, 9.17) is 19.7 Å². The van der Waals surface area contributed by atoms with Gasteiger partial charge in [0.1, 0.15) is 5.60 Å². The predicted molar refractivity (Wildman–Crippen MR) is 71.5 cm³/mol. The lowest BCUT2D eigenvalue weighted by atomic mass is 9.97. The van der Waals surface area contributed by atoms with Crippen LogP contribution in [0.4, 0.5) is 4.79 Å². The van der Waals surface area contributed by atoms with Crippen molar-refractivity contribution in [2.24, 2.45) is 5.92 Å². The molecule has 1 saturated heterocycles. The van der Waals surface area contributed by atoms with E-state index in [0.717, 1.165) is 6.92 Å². The van der Waals surface area contributed by atoms with Crippen LogP contribution in [0.2, 0.25) is 0 Å². The normalized spacial score (nSPS) is 15.9. The maximum atomic E-state index is 11.6. The minimum absolute atomic E-state index is 0.321. The van der Waals surface area contributed by atoms with E-state index in [-0.39, 0.29) is 12.0 Å². The van der Waals surface area contributed by atoms with Crippen molar-refractivity contribution in [2.75, 3.05) is 13.1 Å². The smallest absolute Gasteiger partial charge is 0.410 e. The molecule has 1 aliphatic heterocycles. The Morgan fingerprint density at radius 3 is 1.80 bits per heavy atom. The van der Waals surface area contributed by atoms with Crippen LogP contribution in [0.1, 0.15) is 40.5 Å². The summed E-state index contributed by atoms with van der Waals surface area (Å²) in [7, 11) is 0. The third-order valence-corrected chi connectivity index (χ3v) is 2.50. The number of amides is 1.